The van der Waals surface area contributed by atoms with Crippen molar-refractivity contribution in [2.24, 2.45) is 5.92 Å². The molecule has 0 aliphatic heterocycles. The van der Waals surface area contributed by atoms with E-state index in [0.717, 1.165) is 0 Å². The van der Waals surface area contributed by atoms with Gasteiger partial charge in [0, 0.05) is 10.9 Å². The van der Waals surface area contributed by atoms with Gasteiger partial charge in [0.2, 0.25) is 5.91 Å². The number of nitrogens with one attached hydrogen (secondary N) is 1. The molecule has 0 unspecified atom stereocenters. The third-order valence-corrected chi connectivity index (χ3v) is 2.18. The Hall–Kier alpha value is -1.22. The standard InChI is InChI=1S/C11H14ClNO2/c1-7(2)11(14)13-9-6-8(12)4-5-10(9)15-3/h4-7H,1-3H3,(H,13,14). The summed E-state index contributed by atoms with van der Waals surface area (Å²) in [6, 6.07) is 5.10. The van der Waals surface area contributed by atoms with Crippen molar-refractivity contribution in [2.75, 3.05) is 12.4 Å². The van der Waals surface area contributed by atoms with E-state index in [1.807, 2.05) is 13.8 Å². The monoisotopic (exact) mass is 227 g/mol. The molecule has 4 heteroatoms. The number of benzene rings is 1. The highest BCUT2D eigenvalue weighted by Crippen LogP contribution is 2.27. The van der Waals surface area contributed by atoms with Crippen LogP contribution in [0.4, 0.5) is 5.69 Å². The van der Waals surface area contributed by atoms with Gasteiger partial charge in [-0.25, -0.2) is 0 Å². The van der Waals surface area contributed by atoms with Crippen molar-refractivity contribution in [2.45, 2.75) is 13.8 Å². The van der Waals surface area contributed by atoms with Crippen LogP contribution in [0.5, 0.6) is 5.75 Å². The summed E-state index contributed by atoms with van der Waals surface area (Å²) >= 11 is 5.83. The van der Waals surface area contributed by atoms with E-state index in [1.165, 1.54) is 0 Å². The number of methoxy groups -OCH3 is 1. The molecule has 0 bridgehead atoms. The Kier molecular flexibility index (Phi) is 3.97. The maximum absolute atomic E-state index is 11.5. The van der Waals surface area contributed by atoms with Crippen molar-refractivity contribution in [1.82, 2.24) is 0 Å². The first kappa shape index (κ1) is 11.9. The van der Waals surface area contributed by atoms with Gasteiger partial charge in [0.1, 0.15) is 5.75 Å². The molecule has 0 saturated heterocycles. The molecule has 1 rings (SSSR count). The molecule has 1 aromatic rings. The van der Waals surface area contributed by atoms with Crippen molar-refractivity contribution in [1.29, 1.82) is 0 Å². The van der Waals surface area contributed by atoms with Gasteiger partial charge in [-0.05, 0) is 18.2 Å². The normalized spacial score (nSPS) is 10.2. The lowest BCUT2D eigenvalue weighted by Crippen LogP contribution is -2.18. The van der Waals surface area contributed by atoms with E-state index in [9.17, 15) is 4.79 Å². The largest absolute Gasteiger partial charge is 0.495 e. The van der Waals surface area contributed by atoms with Gasteiger partial charge in [0.15, 0.2) is 0 Å². The average molecular weight is 228 g/mol. The summed E-state index contributed by atoms with van der Waals surface area (Å²) in [5.41, 5.74) is 0.601. The van der Waals surface area contributed by atoms with E-state index in [1.54, 1.807) is 25.3 Å². The van der Waals surface area contributed by atoms with Gasteiger partial charge in [-0.15, -0.1) is 0 Å². The van der Waals surface area contributed by atoms with E-state index in [0.29, 0.717) is 16.5 Å². The Labute approximate surface area is 94.4 Å². The molecule has 0 aliphatic rings. The molecule has 0 fully saturated rings. The average Bonchev–Trinajstić information content (AvgIpc) is 2.18. The van der Waals surface area contributed by atoms with E-state index < -0.39 is 0 Å². The predicted octanol–water partition coefficient (Wildman–Crippen LogP) is 2.94. The van der Waals surface area contributed by atoms with Crippen LogP contribution >= 0.6 is 11.6 Å². The lowest BCUT2D eigenvalue weighted by molar-refractivity contribution is -0.118. The SMILES string of the molecule is COc1ccc(Cl)cc1NC(=O)C(C)C. The molecule has 1 aromatic carbocycles. The van der Waals surface area contributed by atoms with Gasteiger partial charge in [-0.2, -0.15) is 0 Å². The smallest absolute Gasteiger partial charge is 0.227 e. The Morgan fingerprint density at radius 1 is 1.47 bits per heavy atom. The molecule has 0 heterocycles. The van der Waals surface area contributed by atoms with E-state index in [-0.39, 0.29) is 11.8 Å². The number of hydrogen-bond acceptors (Lipinski definition) is 2. The Balaban J connectivity index is 2.92. The molecular weight excluding hydrogens is 214 g/mol. The molecule has 1 amide bonds. The number of amides is 1. The Morgan fingerprint density at radius 2 is 2.13 bits per heavy atom. The number of carbonyl (C=O) groups excluding carboxylic acids is 1. The van der Waals surface area contributed by atoms with Crippen LogP contribution in [0.15, 0.2) is 18.2 Å². The fourth-order valence-corrected chi connectivity index (χ4v) is 1.23. The first-order valence-electron chi connectivity index (χ1n) is 4.69. The van der Waals surface area contributed by atoms with Crippen LogP contribution < -0.4 is 10.1 Å². The predicted molar refractivity (Wildman–Crippen MR) is 61.5 cm³/mol. The fourth-order valence-electron chi connectivity index (χ4n) is 1.05. The van der Waals surface area contributed by atoms with Crippen molar-refractivity contribution in [3.05, 3.63) is 23.2 Å². The molecule has 15 heavy (non-hydrogen) atoms. The third-order valence-electron chi connectivity index (χ3n) is 1.94. The quantitative estimate of drug-likeness (QED) is 0.862. The van der Waals surface area contributed by atoms with E-state index >= 15 is 0 Å². The van der Waals surface area contributed by atoms with Gasteiger partial charge in [-0.1, -0.05) is 25.4 Å². The molecular formula is C11H14ClNO2. The highest BCUT2D eigenvalue weighted by atomic mass is 35.5. The van der Waals surface area contributed by atoms with Gasteiger partial charge in [0.25, 0.3) is 0 Å². The summed E-state index contributed by atoms with van der Waals surface area (Å²) in [4.78, 5) is 11.5. The van der Waals surface area contributed by atoms with Gasteiger partial charge >= 0.3 is 0 Å². The van der Waals surface area contributed by atoms with Crippen LogP contribution in [0, 0.1) is 5.92 Å². The molecule has 3 nitrogen and oxygen atoms in total. The molecule has 0 spiro atoms. The zero-order valence-corrected chi connectivity index (χ0v) is 9.76. The first-order chi connectivity index (χ1) is 7.04. The molecule has 1 N–H and O–H groups in total. The maximum Gasteiger partial charge on any atom is 0.227 e. The van der Waals surface area contributed by atoms with Crippen LogP contribution in [0.3, 0.4) is 0 Å². The van der Waals surface area contributed by atoms with Crippen LogP contribution in [0.1, 0.15) is 13.8 Å². The van der Waals surface area contributed by atoms with Crippen LogP contribution in [0.2, 0.25) is 5.02 Å². The van der Waals surface area contributed by atoms with Gasteiger partial charge in [-0.3, -0.25) is 4.79 Å². The second-order valence-corrected chi connectivity index (χ2v) is 3.92. The number of anilines is 1. The second kappa shape index (κ2) is 5.03. The minimum atomic E-state index is -0.0753. The lowest BCUT2D eigenvalue weighted by Gasteiger charge is -2.11. The maximum atomic E-state index is 11.5. The molecule has 0 aromatic heterocycles. The fraction of sp³-hybridized carbons (Fsp3) is 0.364. The lowest BCUT2D eigenvalue weighted by atomic mass is 10.2. The van der Waals surface area contributed by atoms with Crippen molar-refractivity contribution >= 4 is 23.2 Å². The Bertz CT molecular complexity index is 364. The highest BCUT2D eigenvalue weighted by molar-refractivity contribution is 6.31. The van der Waals surface area contributed by atoms with Crippen LogP contribution in [0.25, 0.3) is 0 Å². The first-order valence-corrected chi connectivity index (χ1v) is 5.06. The van der Waals surface area contributed by atoms with Gasteiger partial charge < -0.3 is 10.1 Å². The van der Waals surface area contributed by atoms with E-state index in [2.05, 4.69) is 5.32 Å². The second-order valence-electron chi connectivity index (χ2n) is 3.49. The number of hydrogen-bond donors (Lipinski definition) is 1. The minimum absolute atomic E-state index is 0.0597. The summed E-state index contributed by atoms with van der Waals surface area (Å²) in [6.07, 6.45) is 0. The summed E-state index contributed by atoms with van der Waals surface area (Å²) in [7, 11) is 1.55. The number of carbonyl (C=O) groups is 1. The zero-order valence-electron chi connectivity index (χ0n) is 9.00. The molecule has 0 radical (unpaired) electrons. The Morgan fingerprint density at radius 3 is 2.67 bits per heavy atom. The summed E-state index contributed by atoms with van der Waals surface area (Å²) < 4.78 is 5.11. The molecule has 82 valence electrons. The van der Waals surface area contributed by atoms with E-state index in [4.69, 9.17) is 16.3 Å². The topological polar surface area (TPSA) is 38.3 Å². The number of rotatable bonds is 3. The van der Waals surface area contributed by atoms with Crippen molar-refractivity contribution in [3.63, 3.8) is 0 Å². The summed E-state index contributed by atoms with van der Waals surface area (Å²) in [6.45, 7) is 3.65. The summed E-state index contributed by atoms with van der Waals surface area (Å²) in [5, 5.41) is 3.32. The number of halogens is 1. The molecule has 0 saturated carbocycles. The van der Waals surface area contributed by atoms with Crippen molar-refractivity contribution in [3.8, 4) is 5.75 Å². The van der Waals surface area contributed by atoms with Crippen LogP contribution in [-0.2, 0) is 4.79 Å². The zero-order chi connectivity index (χ0) is 11.4. The third kappa shape index (κ3) is 3.13. The minimum Gasteiger partial charge on any atom is -0.495 e. The molecule has 0 atom stereocenters. The highest BCUT2D eigenvalue weighted by Gasteiger charge is 2.10. The van der Waals surface area contributed by atoms with Gasteiger partial charge in [0.05, 0.1) is 12.8 Å². The van der Waals surface area contributed by atoms with Crippen LogP contribution in [-0.4, -0.2) is 13.0 Å². The summed E-state index contributed by atoms with van der Waals surface area (Å²) in [5.74, 6) is 0.470. The number of ether oxygens (including phenoxy) is 1. The molecule has 0 aliphatic carbocycles. The van der Waals surface area contributed by atoms with Crippen molar-refractivity contribution < 1.29 is 9.53 Å².